The molecule has 6 heteroatoms. The number of nitrogens with two attached hydrogens (primary N) is 1. The highest BCUT2D eigenvalue weighted by Crippen LogP contribution is 1.97. The van der Waals surface area contributed by atoms with Crippen molar-refractivity contribution in [3.8, 4) is 0 Å². The minimum atomic E-state index is -0.156. The molecule has 4 N–H and O–H groups in total. The Morgan fingerprint density at radius 3 is 2.35 bits per heavy atom. The molecule has 0 spiro atoms. The van der Waals surface area contributed by atoms with E-state index in [1.54, 1.807) is 14.1 Å². The summed E-state index contributed by atoms with van der Waals surface area (Å²) in [6.07, 6.45) is 2.14. The van der Waals surface area contributed by atoms with Gasteiger partial charge < -0.3 is 21.3 Å². The number of amides is 3. The van der Waals surface area contributed by atoms with E-state index in [0.29, 0.717) is 19.5 Å². The molecule has 0 aromatic heterocycles. The first-order chi connectivity index (χ1) is 7.93. The Hall–Kier alpha value is -1.30. The van der Waals surface area contributed by atoms with Gasteiger partial charge in [0.2, 0.25) is 5.91 Å². The highest BCUT2D eigenvalue weighted by atomic mass is 16.2. The molecule has 0 saturated heterocycles. The molecule has 0 aromatic carbocycles. The second-order valence-electron chi connectivity index (χ2n) is 4.35. The van der Waals surface area contributed by atoms with Crippen LogP contribution >= 0.6 is 0 Å². The molecule has 17 heavy (non-hydrogen) atoms. The van der Waals surface area contributed by atoms with Gasteiger partial charge in [0.15, 0.2) is 0 Å². The van der Waals surface area contributed by atoms with E-state index in [-0.39, 0.29) is 18.0 Å². The summed E-state index contributed by atoms with van der Waals surface area (Å²) in [4.78, 5) is 23.9. The number of urea groups is 1. The van der Waals surface area contributed by atoms with Crippen molar-refractivity contribution < 1.29 is 9.59 Å². The van der Waals surface area contributed by atoms with Crippen LogP contribution in [0.3, 0.4) is 0 Å². The monoisotopic (exact) mass is 244 g/mol. The fraction of sp³-hybridized carbons (Fsp3) is 0.818. The van der Waals surface area contributed by atoms with E-state index in [4.69, 9.17) is 5.73 Å². The van der Waals surface area contributed by atoms with Crippen molar-refractivity contribution in [3.63, 3.8) is 0 Å². The van der Waals surface area contributed by atoms with Gasteiger partial charge in [0.25, 0.3) is 0 Å². The molecule has 0 aromatic rings. The first-order valence-electron chi connectivity index (χ1n) is 5.91. The Bertz CT molecular complexity index is 242. The molecule has 0 heterocycles. The van der Waals surface area contributed by atoms with Crippen molar-refractivity contribution in [2.24, 2.45) is 5.73 Å². The molecule has 0 fully saturated rings. The Kier molecular flexibility index (Phi) is 8.13. The maximum atomic E-state index is 11.3. The average molecular weight is 244 g/mol. The molecule has 6 nitrogen and oxygen atoms in total. The van der Waals surface area contributed by atoms with Crippen LogP contribution < -0.4 is 16.4 Å². The minimum Gasteiger partial charge on any atom is -0.354 e. The normalized spacial score (nSPS) is 11.8. The lowest BCUT2D eigenvalue weighted by atomic mass is 10.1. The maximum Gasteiger partial charge on any atom is 0.316 e. The van der Waals surface area contributed by atoms with Crippen LogP contribution in [0.5, 0.6) is 0 Å². The molecule has 1 atom stereocenters. The smallest absolute Gasteiger partial charge is 0.316 e. The van der Waals surface area contributed by atoms with E-state index in [1.807, 2.05) is 6.92 Å². The molecule has 0 rings (SSSR count). The largest absolute Gasteiger partial charge is 0.354 e. The van der Waals surface area contributed by atoms with E-state index >= 15 is 0 Å². The molecule has 0 aliphatic rings. The molecule has 0 aliphatic carbocycles. The van der Waals surface area contributed by atoms with Gasteiger partial charge in [-0.3, -0.25) is 4.79 Å². The van der Waals surface area contributed by atoms with Crippen molar-refractivity contribution >= 4 is 11.9 Å². The predicted molar refractivity (Wildman–Crippen MR) is 67.6 cm³/mol. The van der Waals surface area contributed by atoms with Gasteiger partial charge in [0.05, 0.1) is 0 Å². The topological polar surface area (TPSA) is 87.5 Å². The lowest BCUT2D eigenvalue weighted by Gasteiger charge is -2.12. The van der Waals surface area contributed by atoms with Gasteiger partial charge in [-0.2, -0.15) is 0 Å². The number of rotatable bonds is 7. The van der Waals surface area contributed by atoms with Crippen molar-refractivity contribution in [1.82, 2.24) is 15.5 Å². The number of nitrogens with one attached hydrogen (secondary N) is 2. The van der Waals surface area contributed by atoms with Gasteiger partial charge in [0.1, 0.15) is 0 Å². The lowest BCUT2D eigenvalue weighted by molar-refractivity contribution is -0.121. The fourth-order valence-corrected chi connectivity index (χ4v) is 1.20. The van der Waals surface area contributed by atoms with Gasteiger partial charge in [-0.15, -0.1) is 0 Å². The Morgan fingerprint density at radius 2 is 1.82 bits per heavy atom. The van der Waals surface area contributed by atoms with E-state index < -0.39 is 0 Å². The summed E-state index contributed by atoms with van der Waals surface area (Å²) in [5, 5.41) is 5.40. The summed E-state index contributed by atoms with van der Waals surface area (Å²) < 4.78 is 0. The zero-order valence-electron chi connectivity index (χ0n) is 11.0. The second-order valence-corrected chi connectivity index (χ2v) is 4.35. The van der Waals surface area contributed by atoms with E-state index in [1.165, 1.54) is 4.90 Å². The summed E-state index contributed by atoms with van der Waals surface area (Å²) in [5.74, 6) is 0.00440. The third-order valence-electron chi connectivity index (χ3n) is 2.19. The Morgan fingerprint density at radius 1 is 1.24 bits per heavy atom. The standard InChI is InChI=1S/C11H24N4O2/c1-9(12)5-4-6-10(16)13-7-8-14-11(17)15(2)3/h9H,4-8,12H2,1-3H3,(H,13,16)(H,14,17). The van der Waals surface area contributed by atoms with E-state index in [2.05, 4.69) is 10.6 Å². The van der Waals surface area contributed by atoms with Crippen molar-refractivity contribution in [1.29, 1.82) is 0 Å². The van der Waals surface area contributed by atoms with Crippen LogP contribution in [0.25, 0.3) is 0 Å². The third kappa shape index (κ3) is 9.62. The summed E-state index contributed by atoms with van der Waals surface area (Å²) in [5.41, 5.74) is 5.58. The quantitative estimate of drug-likeness (QED) is 0.546. The number of hydrogen-bond acceptors (Lipinski definition) is 3. The summed E-state index contributed by atoms with van der Waals surface area (Å²) in [7, 11) is 3.34. The van der Waals surface area contributed by atoms with Crippen molar-refractivity contribution in [2.75, 3.05) is 27.2 Å². The van der Waals surface area contributed by atoms with Crippen LogP contribution in [0, 0.1) is 0 Å². The molecular formula is C11H24N4O2. The first kappa shape index (κ1) is 15.7. The number of carbonyl (C=O) groups is 2. The number of carbonyl (C=O) groups excluding carboxylic acids is 2. The van der Waals surface area contributed by atoms with Crippen molar-refractivity contribution in [3.05, 3.63) is 0 Å². The van der Waals surface area contributed by atoms with E-state index in [9.17, 15) is 9.59 Å². The van der Waals surface area contributed by atoms with Crippen LogP contribution in [0.2, 0.25) is 0 Å². The van der Waals surface area contributed by atoms with Crippen LogP contribution in [0.1, 0.15) is 26.2 Å². The molecule has 3 amide bonds. The third-order valence-corrected chi connectivity index (χ3v) is 2.19. The van der Waals surface area contributed by atoms with Gasteiger partial charge in [-0.1, -0.05) is 0 Å². The number of nitrogens with zero attached hydrogens (tertiary/aromatic N) is 1. The summed E-state index contributed by atoms with van der Waals surface area (Å²) in [6, 6.07) is -0.0154. The minimum absolute atomic E-state index is 0.00440. The van der Waals surface area contributed by atoms with Crippen LogP contribution in [0.4, 0.5) is 4.79 Å². The van der Waals surface area contributed by atoms with Crippen LogP contribution in [0.15, 0.2) is 0 Å². The van der Waals surface area contributed by atoms with E-state index in [0.717, 1.165) is 12.8 Å². The molecular weight excluding hydrogens is 220 g/mol. The lowest BCUT2D eigenvalue weighted by Crippen LogP contribution is -2.39. The molecule has 0 aliphatic heterocycles. The predicted octanol–water partition coefficient (Wildman–Crippen LogP) is -0.109. The SMILES string of the molecule is CC(N)CCCC(=O)NCCNC(=O)N(C)C. The highest BCUT2D eigenvalue weighted by Gasteiger charge is 2.03. The zero-order chi connectivity index (χ0) is 13.3. The summed E-state index contributed by atoms with van der Waals surface area (Å²) >= 11 is 0. The van der Waals surface area contributed by atoms with Crippen LogP contribution in [-0.4, -0.2) is 50.1 Å². The molecule has 0 bridgehead atoms. The van der Waals surface area contributed by atoms with Gasteiger partial charge in [0, 0.05) is 39.6 Å². The van der Waals surface area contributed by atoms with Gasteiger partial charge in [-0.05, 0) is 19.8 Å². The molecule has 0 saturated carbocycles. The Labute approximate surface area is 103 Å². The average Bonchev–Trinajstić information content (AvgIpc) is 2.23. The van der Waals surface area contributed by atoms with Gasteiger partial charge >= 0.3 is 6.03 Å². The zero-order valence-corrected chi connectivity index (χ0v) is 11.0. The molecule has 100 valence electrons. The Balaban J connectivity index is 3.42. The number of hydrogen-bond donors (Lipinski definition) is 3. The first-order valence-corrected chi connectivity index (χ1v) is 5.91. The van der Waals surface area contributed by atoms with Crippen molar-refractivity contribution in [2.45, 2.75) is 32.2 Å². The van der Waals surface area contributed by atoms with Crippen LogP contribution in [-0.2, 0) is 4.79 Å². The fourth-order valence-electron chi connectivity index (χ4n) is 1.20. The second kappa shape index (κ2) is 8.81. The summed E-state index contributed by atoms with van der Waals surface area (Å²) in [6.45, 7) is 2.82. The molecule has 0 radical (unpaired) electrons. The molecule has 1 unspecified atom stereocenters. The maximum absolute atomic E-state index is 11.3. The highest BCUT2D eigenvalue weighted by molar-refractivity contribution is 5.76. The van der Waals surface area contributed by atoms with Gasteiger partial charge in [-0.25, -0.2) is 4.79 Å².